The highest BCUT2D eigenvalue weighted by Gasteiger charge is 2.02. The summed E-state index contributed by atoms with van der Waals surface area (Å²) in [6.45, 7) is 10.2. The van der Waals surface area contributed by atoms with Gasteiger partial charge >= 0.3 is 0 Å². The molecule has 0 unspecified atom stereocenters. The highest BCUT2D eigenvalue weighted by atomic mass is 16.3. The third kappa shape index (κ3) is 19.8. The van der Waals surface area contributed by atoms with Gasteiger partial charge in [-0.25, -0.2) is 0 Å². The molecule has 0 spiro atoms. The SMILES string of the molecule is CC.CN1CCCCC1.CN1CCCCC1.CNCCO. The fourth-order valence-corrected chi connectivity index (χ4v) is 2.22. The molecule has 21 heavy (non-hydrogen) atoms. The molecule has 0 bridgehead atoms. The van der Waals surface area contributed by atoms with Crippen LogP contribution < -0.4 is 5.32 Å². The van der Waals surface area contributed by atoms with Crippen LogP contribution in [0.15, 0.2) is 0 Å². The summed E-state index contributed by atoms with van der Waals surface area (Å²) in [5, 5.41) is 10.8. The van der Waals surface area contributed by atoms with Crippen LogP contribution in [0.3, 0.4) is 0 Å². The minimum atomic E-state index is 0.233. The first kappa shape index (κ1) is 23.1. The van der Waals surface area contributed by atoms with Crippen LogP contribution in [0.4, 0.5) is 0 Å². The van der Waals surface area contributed by atoms with Crippen molar-refractivity contribution in [2.24, 2.45) is 0 Å². The lowest BCUT2D eigenvalue weighted by atomic mass is 10.1. The van der Waals surface area contributed by atoms with E-state index in [0.717, 1.165) is 0 Å². The first-order valence-electron chi connectivity index (χ1n) is 8.83. The number of aliphatic hydroxyl groups excluding tert-OH is 1. The molecule has 0 saturated carbocycles. The normalized spacial score (nSPS) is 19.1. The third-order valence-corrected chi connectivity index (χ3v) is 3.52. The van der Waals surface area contributed by atoms with Crippen molar-refractivity contribution in [2.45, 2.75) is 52.4 Å². The summed E-state index contributed by atoms with van der Waals surface area (Å²) in [4.78, 5) is 4.78. The van der Waals surface area contributed by atoms with Crippen LogP contribution in [-0.4, -0.2) is 75.4 Å². The lowest BCUT2D eigenvalue weighted by Crippen LogP contribution is -2.24. The van der Waals surface area contributed by atoms with E-state index in [1.165, 1.54) is 64.7 Å². The van der Waals surface area contributed by atoms with Gasteiger partial charge in [-0.05, 0) is 73.0 Å². The number of nitrogens with zero attached hydrogens (tertiary/aromatic N) is 2. The molecule has 4 nitrogen and oxygen atoms in total. The van der Waals surface area contributed by atoms with Gasteiger partial charge in [-0.2, -0.15) is 0 Å². The molecule has 0 aromatic carbocycles. The summed E-state index contributed by atoms with van der Waals surface area (Å²) < 4.78 is 0. The average molecular weight is 304 g/mol. The maximum absolute atomic E-state index is 8.00. The number of likely N-dealkylation sites (N-methyl/N-ethyl adjacent to an activating group) is 1. The van der Waals surface area contributed by atoms with E-state index < -0.39 is 0 Å². The number of hydrogen-bond donors (Lipinski definition) is 2. The second-order valence-electron chi connectivity index (χ2n) is 5.56. The van der Waals surface area contributed by atoms with Crippen molar-refractivity contribution in [2.75, 3.05) is 60.5 Å². The molecule has 0 radical (unpaired) electrons. The molecule has 2 saturated heterocycles. The second-order valence-corrected chi connectivity index (χ2v) is 5.56. The molecule has 0 aromatic rings. The van der Waals surface area contributed by atoms with Gasteiger partial charge in [0.2, 0.25) is 0 Å². The molecule has 2 fully saturated rings. The standard InChI is InChI=1S/2C6H13N.C3H9NO.C2H6/c2*1-7-5-3-2-4-6-7;1-4-2-3-5;1-2/h2*2-6H2,1H3;4-5H,2-3H2,1H3;1-2H3. The first-order chi connectivity index (χ1) is 10.2. The van der Waals surface area contributed by atoms with E-state index in [1.807, 2.05) is 13.8 Å². The molecular formula is C17H41N3O. The largest absolute Gasteiger partial charge is 0.395 e. The Kier molecular flexibility index (Phi) is 21.8. The van der Waals surface area contributed by atoms with Crippen LogP contribution in [-0.2, 0) is 0 Å². The van der Waals surface area contributed by atoms with Crippen LogP contribution in [0.1, 0.15) is 52.4 Å². The monoisotopic (exact) mass is 303 g/mol. The van der Waals surface area contributed by atoms with Gasteiger partial charge < -0.3 is 20.2 Å². The summed E-state index contributed by atoms with van der Waals surface area (Å²) in [6, 6.07) is 0. The smallest absolute Gasteiger partial charge is 0.0555 e. The zero-order chi connectivity index (χ0) is 16.3. The topological polar surface area (TPSA) is 38.7 Å². The highest BCUT2D eigenvalue weighted by molar-refractivity contribution is 4.58. The maximum Gasteiger partial charge on any atom is 0.0555 e. The number of hydrogen-bond acceptors (Lipinski definition) is 4. The molecule has 0 aromatic heterocycles. The van der Waals surface area contributed by atoms with Gasteiger partial charge in [0, 0.05) is 6.54 Å². The number of rotatable bonds is 2. The summed E-state index contributed by atoms with van der Waals surface area (Å²) in [6.07, 6.45) is 8.55. The third-order valence-electron chi connectivity index (χ3n) is 3.52. The number of aliphatic hydroxyl groups is 1. The summed E-state index contributed by atoms with van der Waals surface area (Å²) >= 11 is 0. The molecule has 2 rings (SSSR count). The van der Waals surface area contributed by atoms with Crippen molar-refractivity contribution in [3.63, 3.8) is 0 Å². The fourth-order valence-electron chi connectivity index (χ4n) is 2.22. The van der Waals surface area contributed by atoms with E-state index in [0.29, 0.717) is 6.54 Å². The number of likely N-dealkylation sites (tertiary alicyclic amines) is 2. The predicted octanol–water partition coefficient (Wildman–Crippen LogP) is 2.43. The van der Waals surface area contributed by atoms with Crippen molar-refractivity contribution in [1.82, 2.24) is 15.1 Å². The van der Waals surface area contributed by atoms with Gasteiger partial charge in [-0.3, -0.25) is 0 Å². The number of nitrogens with one attached hydrogen (secondary N) is 1. The van der Waals surface area contributed by atoms with Gasteiger partial charge in [0.1, 0.15) is 0 Å². The zero-order valence-corrected chi connectivity index (χ0v) is 15.3. The fraction of sp³-hybridized carbons (Fsp3) is 1.00. The summed E-state index contributed by atoms with van der Waals surface area (Å²) in [5.41, 5.74) is 0. The van der Waals surface area contributed by atoms with E-state index in [1.54, 1.807) is 7.05 Å². The molecular weight excluding hydrogens is 262 g/mol. The Morgan fingerprint density at radius 3 is 1.19 bits per heavy atom. The Morgan fingerprint density at radius 2 is 1.10 bits per heavy atom. The van der Waals surface area contributed by atoms with E-state index >= 15 is 0 Å². The minimum Gasteiger partial charge on any atom is -0.395 e. The molecule has 4 heteroatoms. The predicted molar refractivity (Wildman–Crippen MR) is 95.1 cm³/mol. The average Bonchev–Trinajstić information content (AvgIpc) is 2.53. The molecule has 2 heterocycles. The Balaban J connectivity index is 0. The molecule has 0 aliphatic carbocycles. The molecule has 2 aliphatic rings. The van der Waals surface area contributed by atoms with Gasteiger partial charge in [-0.15, -0.1) is 0 Å². The highest BCUT2D eigenvalue weighted by Crippen LogP contribution is 2.05. The zero-order valence-electron chi connectivity index (χ0n) is 15.3. The molecule has 2 aliphatic heterocycles. The molecule has 0 amide bonds. The lowest BCUT2D eigenvalue weighted by molar-refractivity contribution is 0.277. The maximum atomic E-state index is 8.00. The van der Waals surface area contributed by atoms with Crippen molar-refractivity contribution < 1.29 is 5.11 Å². The summed E-state index contributed by atoms with van der Waals surface area (Å²) in [5.74, 6) is 0. The van der Waals surface area contributed by atoms with Crippen LogP contribution >= 0.6 is 0 Å². The second kappa shape index (κ2) is 19.8. The van der Waals surface area contributed by atoms with Crippen molar-refractivity contribution >= 4 is 0 Å². The Hall–Kier alpha value is -0.160. The van der Waals surface area contributed by atoms with E-state index in [4.69, 9.17) is 5.11 Å². The molecule has 0 atom stereocenters. The van der Waals surface area contributed by atoms with Crippen LogP contribution in [0.25, 0.3) is 0 Å². The van der Waals surface area contributed by atoms with Gasteiger partial charge in [0.05, 0.1) is 6.61 Å². The Morgan fingerprint density at radius 1 is 0.762 bits per heavy atom. The van der Waals surface area contributed by atoms with Crippen LogP contribution in [0.2, 0.25) is 0 Å². The van der Waals surface area contributed by atoms with Crippen molar-refractivity contribution in [3.8, 4) is 0 Å². The van der Waals surface area contributed by atoms with Crippen molar-refractivity contribution in [3.05, 3.63) is 0 Å². The quantitative estimate of drug-likeness (QED) is 0.822. The van der Waals surface area contributed by atoms with Gasteiger partial charge in [0.25, 0.3) is 0 Å². The lowest BCUT2D eigenvalue weighted by Gasteiger charge is -2.20. The van der Waals surface area contributed by atoms with E-state index in [-0.39, 0.29) is 6.61 Å². The van der Waals surface area contributed by atoms with E-state index in [9.17, 15) is 0 Å². The molecule has 2 N–H and O–H groups in total. The minimum absolute atomic E-state index is 0.233. The van der Waals surface area contributed by atoms with Gasteiger partial charge in [-0.1, -0.05) is 26.7 Å². The van der Waals surface area contributed by atoms with Crippen LogP contribution in [0, 0.1) is 0 Å². The number of piperidine rings is 2. The summed E-state index contributed by atoms with van der Waals surface area (Å²) in [7, 11) is 6.19. The Labute approximate surface area is 133 Å². The van der Waals surface area contributed by atoms with Gasteiger partial charge in [0.15, 0.2) is 0 Å². The molecule has 130 valence electrons. The Bertz CT molecular complexity index is 149. The van der Waals surface area contributed by atoms with E-state index in [2.05, 4.69) is 29.2 Å². The van der Waals surface area contributed by atoms with Crippen molar-refractivity contribution in [1.29, 1.82) is 0 Å². The first-order valence-corrected chi connectivity index (χ1v) is 8.83. The van der Waals surface area contributed by atoms with Crippen LogP contribution in [0.5, 0.6) is 0 Å².